The summed E-state index contributed by atoms with van der Waals surface area (Å²) in [6.45, 7) is 5.19. The Labute approximate surface area is 111 Å². The van der Waals surface area contributed by atoms with E-state index in [2.05, 4.69) is 39.1 Å². The summed E-state index contributed by atoms with van der Waals surface area (Å²) in [6, 6.07) is 8.78. The van der Waals surface area contributed by atoms with E-state index in [0.29, 0.717) is 6.04 Å². The van der Waals surface area contributed by atoms with Crippen LogP contribution in [0.15, 0.2) is 22.7 Å². The van der Waals surface area contributed by atoms with Gasteiger partial charge in [-0.3, -0.25) is 0 Å². The van der Waals surface area contributed by atoms with Crippen LogP contribution in [0.5, 0.6) is 0 Å². The lowest BCUT2D eigenvalue weighted by Crippen LogP contribution is -2.57. The molecule has 2 rings (SSSR count). The topological polar surface area (TPSA) is 39.1 Å². The molecule has 1 aliphatic heterocycles. The second kappa shape index (κ2) is 5.52. The molecule has 0 aliphatic carbocycles. The quantitative estimate of drug-likeness (QED) is 0.927. The summed E-state index contributed by atoms with van der Waals surface area (Å²) >= 11 is 3.45. The fourth-order valence-corrected chi connectivity index (χ4v) is 2.54. The summed E-state index contributed by atoms with van der Waals surface area (Å²) in [6.07, 6.45) is 1.09. The molecule has 1 heterocycles. The summed E-state index contributed by atoms with van der Waals surface area (Å²) in [5.74, 6) is 0. The average molecular weight is 294 g/mol. The molecule has 0 atom stereocenters. The van der Waals surface area contributed by atoms with Crippen LogP contribution < -0.4 is 10.2 Å². The Morgan fingerprint density at radius 1 is 1.53 bits per heavy atom. The lowest BCUT2D eigenvalue weighted by atomic mass is 10.1. The Bertz CT molecular complexity index is 435. The molecule has 0 amide bonds. The van der Waals surface area contributed by atoms with Gasteiger partial charge in [0.15, 0.2) is 0 Å². The molecule has 1 N–H and O–H groups in total. The van der Waals surface area contributed by atoms with Crippen molar-refractivity contribution in [3.8, 4) is 6.07 Å². The molecule has 0 saturated carbocycles. The van der Waals surface area contributed by atoms with E-state index in [9.17, 15) is 5.26 Å². The summed E-state index contributed by atoms with van der Waals surface area (Å²) in [5.41, 5.74) is 1.79. The molecule has 1 saturated heterocycles. The van der Waals surface area contributed by atoms with Gasteiger partial charge in [0.2, 0.25) is 0 Å². The molecule has 17 heavy (non-hydrogen) atoms. The first-order valence-corrected chi connectivity index (χ1v) is 6.73. The highest BCUT2D eigenvalue weighted by atomic mass is 79.9. The van der Waals surface area contributed by atoms with Crippen molar-refractivity contribution < 1.29 is 0 Å². The monoisotopic (exact) mass is 293 g/mol. The van der Waals surface area contributed by atoms with Crippen molar-refractivity contribution in [1.29, 1.82) is 5.26 Å². The average Bonchev–Trinajstić information content (AvgIpc) is 2.26. The van der Waals surface area contributed by atoms with E-state index in [1.54, 1.807) is 0 Å². The first-order valence-electron chi connectivity index (χ1n) is 5.94. The van der Waals surface area contributed by atoms with Gasteiger partial charge in [0, 0.05) is 24.1 Å². The van der Waals surface area contributed by atoms with E-state index in [-0.39, 0.29) is 0 Å². The van der Waals surface area contributed by atoms with Crippen LogP contribution in [0.1, 0.15) is 18.9 Å². The Balaban J connectivity index is 2.35. The standard InChI is InChI=1S/C13H16BrN3/c1-2-6-17(10-8-16-9-10)13-5-3-4-12(14)11(13)7-15/h3-5,10,16H,2,6,8-9H2,1H3. The zero-order chi connectivity index (χ0) is 12.3. The van der Waals surface area contributed by atoms with Gasteiger partial charge in [-0.1, -0.05) is 13.0 Å². The lowest BCUT2D eigenvalue weighted by Gasteiger charge is -2.40. The fourth-order valence-electron chi connectivity index (χ4n) is 2.10. The molecule has 0 spiro atoms. The highest BCUT2D eigenvalue weighted by Crippen LogP contribution is 2.29. The number of halogens is 1. The Hall–Kier alpha value is -1.05. The van der Waals surface area contributed by atoms with E-state index in [1.807, 2.05) is 18.2 Å². The Kier molecular flexibility index (Phi) is 4.03. The molecule has 1 aromatic rings. The number of nitrogens with zero attached hydrogens (tertiary/aromatic N) is 2. The molecule has 0 bridgehead atoms. The maximum atomic E-state index is 9.27. The normalized spacial score (nSPS) is 15.1. The number of hydrogen-bond donors (Lipinski definition) is 1. The van der Waals surface area contributed by atoms with Gasteiger partial charge in [-0.15, -0.1) is 0 Å². The number of rotatable bonds is 4. The van der Waals surface area contributed by atoms with Crippen LogP contribution in [0, 0.1) is 11.3 Å². The van der Waals surface area contributed by atoms with Crippen LogP contribution in [0.25, 0.3) is 0 Å². The van der Waals surface area contributed by atoms with Gasteiger partial charge >= 0.3 is 0 Å². The second-order valence-electron chi connectivity index (χ2n) is 4.25. The minimum Gasteiger partial charge on any atom is -0.365 e. The van der Waals surface area contributed by atoms with E-state index >= 15 is 0 Å². The molecule has 1 aliphatic rings. The van der Waals surface area contributed by atoms with Gasteiger partial charge in [-0.2, -0.15) is 5.26 Å². The minimum absolute atomic E-state index is 0.524. The molecule has 0 unspecified atom stereocenters. The van der Waals surface area contributed by atoms with Gasteiger partial charge in [0.25, 0.3) is 0 Å². The number of nitriles is 1. The van der Waals surface area contributed by atoms with Crippen molar-refractivity contribution in [2.45, 2.75) is 19.4 Å². The second-order valence-corrected chi connectivity index (χ2v) is 5.11. The minimum atomic E-state index is 0.524. The first-order chi connectivity index (χ1) is 8.27. The smallest absolute Gasteiger partial charge is 0.103 e. The highest BCUT2D eigenvalue weighted by molar-refractivity contribution is 9.10. The van der Waals surface area contributed by atoms with Crippen LogP contribution in [-0.2, 0) is 0 Å². The first kappa shape index (κ1) is 12.4. The van der Waals surface area contributed by atoms with Crippen LogP contribution in [0.3, 0.4) is 0 Å². The van der Waals surface area contributed by atoms with E-state index in [0.717, 1.165) is 41.8 Å². The summed E-state index contributed by atoms with van der Waals surface area (Å²) in [4.78, 5) is 2.35. The molecule has 1 aromatic carbocycles. The van der Waals surface area contributed by atoms with Crippen molar-refractivity contribution in [3.63, 3.8) is 0 Å². The van der Waals surface area contributed by atoms with Gasteiger partial charge in [-0.25, -0.2) is 0 Å². The number of hydrogen-bond acceptors (Lipinski definition) is 3. The van der Waals surface area contributed by atoms with Crippen LogP contribution in [-0.4, -0.2) is 25.7 Å². The van der Waals surface area contributed by atoms with Gasteiger partial charge in [0.1, 0.15) is 6.07 Å². The maximum absolute atomic E-state index is 9.27. The Morgan fingerprint density at radius 3 is 2.82 bits per heavy atom. The predicted molar refractivity (Wildman–Crippen MR) is 73.2 cm³/mol. The van der Waals surface area contributed by atoms with Crippen LogP contribution >= 0.6 is 15.9 Å². The number of nitrogens with one attached hydrogen (secondary N) is 1. The van der Waals surface area contributed by atoms with E-state index < -0.39 is 0 Å². The SMILES string of the molecule is CCCN(c1cccc(Br)c1C#N)C1CNC1. The third-order valence-corrected chi connectivity index (χ3v) is 3.74. The third kappa shape index (κ3) is 2.46. The van der Waals surface area contributed by atoms with Gasteiger partial charge < -0.3 is 10.2 Å². The maximum Gasteiger partial charge on any atom is 0.103 e. The summed E-state index contributed by atoms with van der Waals surface area (Å²) < 4.78 is 0.880. The molecule has 0 radical (unpaired) electrons. The zero-order valence-corrected chi connectivity index (χ0v) is 11.5. The van der Waals surface area contributed by atoms with Crippen LogP contribution in [0.4, 0.5) is 5.69 Å². The number of anilines is 1. The van der Waals surface area contributed by atoms with Crippen molar-refractivity contribution >= 4 is 21.6 Å². The summed E-state index contributed by atoms with van der Waals surface area (Å²) in [5, 5.41) is 12.6. The molecule has 90 valence electrons. The highest BCUT2D eigenvalue weighted by Gasteiger charge is 2.26. The van der Waals surface area contributed by atoms with Gasteiger partial charge in [0.05, 0.1) is 17.3 Å². The van der Waals surface area contributed by atoms with Crippen LogP contribution in [0.2, 0.25) is 0 Å². The summed E-state index contributed by atoms with van der Waals surface area (Å²) in [7, 11) is 0. The molecule has 4 heteroatoms. The molecule has 0 aromatic heterocycles. The number of benzene rings is 1. The lowest BCUT2D eigenvalue weighted by molar-refractivity contribution is 0.412. The molecule has 3 nitrogen and oxygen atoms in total. The molecular formula is C13H16BrN3. The van der Waals surface area contributed by atoms with E-state index in [4.69, 9.17) is 0 Å². The van der Waals surface area contributed by atoms with Crippen molar-refractivity contribution in [1.82, 2.24) is 5.32 Å². The Morgan fingerprint density at radius 2 is 2.29 bits per heavy atom. The van der Waals surface area contributed by atoms with Gasteiger partial charge in [-0.05, 0) is 34.5 Å². The predicted octanol–water partition coefficient (Wildman–Crippen LogP) is 2.51. The van der Waals surface area contributed by atoms with Crippen molar-refractivity contribution in [2.24, 2.45) is 0 Å². The molecule has 1 fully saturated rings. The van der Waals surface area contributed by atoms with E-state index in [1.165, 1.54) is 0 Å². The fraction of sp³-hybridized carbons (Fsp3) is 0.462. The largest absolute Gasteiger partial charge is 0.365 e. The van der Waals surface area contributed by atoms with Crippen molar-refractivity contribution in [2.75, 3.05) is 24.5 Å². The van der Waals surface area contributed by atoms with Crippen molar-refractivity contribution in [3.05, 3.63) is 28.2 Å². The third-order valence-electron chi connectivity index (χ3n) is 3.08. The zero-order valence-electron chi connectivity index (χ0n) is 9.91. The molecular weight excluding hydrogens is 278 g/mol.